The summed E-state index contributed by atoms with van der Waals surface area (Å²) >= 11 is 0. The van der Waals surface area contributed by atoms with E-state index in [4.69, 9.17) is 0 Å². The van der Waals surface area contributed by atoms with Crippen LogP contribution in [0.5, 0.6) is 0 Å². The highest BCUT2D eigenvalue weighted by Crippen LogP contribution is 2.50. The normalized spacial score (nSPS) is 19.1. The first-order valence-corrected chi connectivity index (χ1v) is 7.20. The fourth-order valence-corrected chi connectivity index (χ4v) is 3.37. The van der Waals surface area contributed by atoms with Crippen LogP contribution in [0.4, 0.5) is 0 Å². The Labute approximate surface area is 124 Å². The molecule has 1 heteroatoms. The Kier molecular flexibility index (Phi) is 2.54. The Balaban J connectivity index is 2.10. The number of rotatable bonds is 1. The average molecular weight is 272 g/mol. The molecule has 0 spiro atoms. The van der Waals surface area contributed by atoms with Crippen molar-refractivity contribution in [3.05, 3.63) is 95.1 Å². The molecule has 1 atom stereocenters. The second-order valence-corrected chi connectivity index (χ2v) is 5.67. The van der Waals surface area contributed by atoms with Gasteiger partial charge >= 0.3 is 0 Å². The maximum absolute atomic E-state index is 11.6. The summed E-state index contributed by atoms with van der Waals surface area (Å²) in [6, 6.07) is 24.3. The monoisotopic (exact) mass is 272 g/mol. The zero-order chi connectivity index (χ0) is 14.4. The number of hydrogen-bond donors (Lipinski definition) is 1. The Morgan fingerprint density at radius 3 is 2.19 bits per heavy atom. The number of benzene rings is 3. The smallest absolute Gasteiger partial charge is 0.141 e. The van der Waals surface area contributed by atoms with Gasteiger partial charge in [0.2, 0.25) is 0 Å². The molecule has 0 amide bonds. The lowest BCUT2D eigenvalue weighted by Gasteiger charge is -2.26. The standard InChI is InChI=1S/C20H16O/c1-14-11-12-19-17(13-14)16-9-5-6-10-18(16)20(19,21)15-7-3-2-4-8-15/h2-13,21H,1H3. The lowest BCUT2D eigenvalue weighted by atomic mass is 9.84. The van der Waals surface area contributed by atoms with Crippen LogP contribution in [-0.4, -0.2) is 5.11 Å². The summed E-state index contributed by atoms with van der Waals surface area (Å²) in [5.41, 5.74) is 5.28. The maximum Gasteiger partial charge on any atom is 0.141 e. The fraction of sp³-hybridized carbons (Fsp3) is 0.100. The van der Waals surface area contributed by atoms with Crippen molar-refractivity contribution in [2.24, 2.45) is 0 Å². The summed E-state index contributed by atoms with van der Waals surface area (Å²) in [7, 11) is 0. The Morgan fingerprint density at radius 2 is 1.38 bits per heavy atom. The molecule has 0 bridgehead atoms. The summed E-state index contributed by atoms with van der Waals surface area (Å²) in [6.07, 6.45) is 0. The summed E-state index contributed by atoms with van der Waals surface area (Å²) in [5.74, 6) is 0. The van der Waals surface area contributed by atoms with Gasteiger partial charge in [-0.2, -0.15) is 0 Å². The SMILES string of the molecule is Cc1ccc2c(c1)-c1ccccc1C2(O)c1ccccc1. The highest BCUT2D eigenvalue weighted by Gasteiger charge is 2.42. The van der Waals surface area contributed by atoms with Gasteiger partial charge < -0.3 is 5.11 Å². The zero-order valence-electron chi connectivity index (χ0n) is 11.9. The second kappa shape index (κ2) is 4.31. The molecule has 3 aromatic rings. The minimum Gasteiger partial charge on any atom is -0.376 e. The van der Waals surface area contributed by atoms with Gasteiger partial charge in [0.25, 0.3) is 0 Å². The van der Waals surface area contributed by atoms with Gasteiger partial charge in [0.1, 0.15) is 5.60 Å². The van der Waals surface area contributed by atoms with E-state index in [1.807, 2.05) is 48.5 Å². The van der Waals surface area contributed by atoms with Gasteiger partial charge in [0.15, 0.2) is 0 Å². The molecule has 3 aromatic carbocycles. The van der Waals surface area contributed by atoms with E-state index < -0.39 is 5.60 Å². The number of hydrogen-bond acceptors (Lipinski definition) is 1. The third-order valence-corrected chi connectivity index (χ3v) is 4.36. The van der Waals surface area contributed by atoms with E-state index in [9.17, 15) is 5.11 Å². The van der Waals surface area contributed by atoms with Crippen molar-refractivity contribution in [3.8, 4) is 11.1 Å². The van der Waals surface area contributed by atoms with E-state index in [-0.39, 0.29) is 0 Å². The van der Waals surface area contributed by atoms with Crippen LogP contribution in [0.2, 0.25) is 0 Å². The van der Waals surface area contributed by atoms with Crippen molar-refractivity contribution in [3.63, 3.8) is 0 Å². The fourth-order valence-electron chi connectivity index (χ4n) is 3.37. The molecule has 1 unspecified atom stereocenters. The van der Waals surface area contributed by atoms with Crippen LogP contribution in [0.15, 0.2) is 72.8 Å². The number of aliphatic hydroxyl groups is 1. The van der Waals surface area contributed by atoms with Crippen molar-refractivity contribution in [1.29, 1.82) is 0 Å². The zero-order valence-corrected chi connectivity index (χ0v) is 11.9. The Morgan fingerprint density at radius 1 is 0.714 bits per heavy atom. The van der Waals surface area contributed by atoms with Crippen LogP contribution in [0, 0.1) is 6.92 Å². The molecule has 0 saturated carbocycles. The van der Waals surface area contributed by atoms with Gasteiger partial charge in [0, 0.05) is 11.1 Å². The molecule has 4 rings (SSSR count). The highest BCUT2D eigenvalue weighted by molar-refractivity contribution is 5.82. The molecule has 102 valence electrons. The van der Waals surface area contributed by atoms with Crippen molar-refractivity contribution >= 4 is 0 Å². The van der Waals surface area contributed by atoms with Crippen LogP contribution < -0.4 is 0 Å². The minimum absolute atomic E-state index is 0.917. The Hall–Kier alpha value is -2.38. The summed E-state index contributed by atoms with van der Waals surface area (Å²) in [5, 5.41) is 11.6. The van der Waals surface area contributed by atoms with Crippen LogP contribution in [0.1, 0.15) is 22.3 Å². The van der Waals surface area contributed by atoms with Crippen LogP contribution >= 0.6 is 0 Å². The first-order valence-electron chi connectivity index (χ1n) is 7.20. The lowest BCUT2D eigenvalue weighted by molar-refractivity contribution is 0.130. The van der Waals surface area contributed by atoms with Crippen molar-refractivity contribution in [1.82, 2.24) is 0 Å². The topological polar surface area (TPSA) is 20.2 Å². The molecule has 0 aromatic heterocycles. The Bertz CT molecular complexity index is 820. The van der Waals surface area contributed by atoms with Gasteiger partial charge in [-0.3, -0.25) is 0 Å². The molecule has 1 N–H and O–H groups in total. The van der Waals surface area contributed by atoms with E-state index in [0.717, 1.165) is 27.8 Å². The number of aryl methyl sites for hydroxylation is 1. The van der Waals surface area contributed by atoms with E-state index in [0.29, 0.717) is 0 Å². The summed E-state index contributed by atoms with van der Waals surface area (Å²) in [4.78, 5) is 0. The van der Waals surface area contributed by atoms with Crippen molar-refractivity contribution in [2.45, 2.75) is 12.5 Å². The maximum atomic E-state index is 11.6. The quantitative estimate of drug-likeness (QED) is 0.701. The lowest BCUT2D eigenvalue weighted by Crippen LogP contribution is -2.25. The van der Waals surface area contributed by atoms with E-state index in [1.54, 1.807) is 0 Å². The number of fused-ring (bicyclic) bond motifs is 3. The van der Waals surface area contributed by atoms with Gasteiger partial charge in [-0.1, -0.05) is 78.4 Å². The first kappa shape index (κ1) is 12.4. The van der Waals surface area contributed by atoms with Gasteiger partial charge in [-0.15, -0.1) is 0 Å². The largest absolute Gasteiger partial charge is 0.376 e. The highest BCUT2D eigenvalue weighted by atomic mass is 16.3. The predicted molar refractivity (Wildman–Crippen MR) is 85.2 cm³/mol. The predicted octanol–water partition coefficient (Wildman–Crippen LogP) is 4.26. The summed E-state index contributed by atoms with van der Waals surface area (Å²) < 4.78 is 0. The van der Waals surface area contributed by atoms with Crippen molar-refractivity contribution in [2.75, 3.05) is 0 Å². The molecular formula is C20H16O. The van der Waals surface area contributed by atoms with Crippen LogP contribution in [0.25, 0.3) is 11.1 Å². The van der Waals surface area contributed by atoms with Gasteiger partial charge in [-0.05, 0) is 23.6 Å². The van der Waals surface area contributed by atoms with Crippen molar-refractivity contribution < 1.29 is 5.11 Å². The molecular weight excluding hydrogens is 256 g/mol. The van der Waals surface area contributed by atoms with Gasteiger partial charge in [-0.25, -0.2) is 0 Å². The van der Waals surface area contributed by atoms with Crippen LogP contribution in [-0.2, 0) is 5.60 Å². The summed E-state index contributed by atoms with van der Waals surface area (Å²) in [6.45, 7) is 2.09. The molecule has 0 fully saturated rings. The van der Waals surface area contributed by atoms with E-state index in [2.05, 4.69) is 31.2 Å². The van der Waals surface area contributed by atoms with Crippen LogP contribution in [0.3, 0.4) is 0 Å². The molecule has 1 aliphatic carbocycles. The third-order valence-electron chi connectivity index (χ3n) is 4.36. The minimum atomic E-state index is -1.05. The molecule has 0 heterocycles. The molecule has 0 saturated heterocycles. The van der Waals surface area contributed by atoms with Gasteiger partial charge in [0.05, 0.1) is 0 Å². The average Bonchev–Trinajstić information content (AvgIpc) is 2.79. The molecule has 0 aliphatic heterocycles. The van der Waals surface area contributed by atoms with E-state index in [1.165, 1.54) is 5.56 Å². The third kappa shape index (κ3) is 1.61. The molecule has 0 radical (unpaired) electrons. The molecule has 1 aliphatic rings. The second-order valence-electron chi connectivity index (χ2n) is 5.67. The molecule has 21 heavy (non-hydrogen) atoms. The first-order chi connectivity index (χ1) is 10.2. The van der Waals surface area contributed by atoms with E-state index >= 15 is 0 Å². The molecule has 1 nitrogen and oxygen atoms in total.